The van der Waals surface area contributed by atoms with Crippen molar-refractivity contribution >= 4 is 12.4 Å². The molecule has 90 valence electrons. The molecule has 16 heavy (non-hydrogen) atoms. The van der Waals surface area contributed by atoms with Crippen LogP contribution in [-0.4, -0.2) is 12.1 Å². The van der Waals surface area contributed by atoms with Crippen LogP contribution in [0.25, 0.3) is 0 Å². The molecule has 3 heteroatoms. The lowest BCUT2D eigenvalue weighted by Crippen LogP contribution is -2.39. The number of rotatable bonds is 3. The predicted octanol–water partition coefficient (Wildman–Crippen LogP) is 2.89. The zero-order valence-corrected chi connectivity index (χ0v) is 10.3. The number of hydrogen-bond acceptors (Lipinski definition) is 2. The van der Waals surface area contributed by atoms with E-state index in [9.17, 15) is 0 Å². The van der Waals surface area contributed by atoms with Gasteiger partial charge in [0.2, 0.25) is 0 Å². The molecule has 0 spiro atoms. The lowest BCUT2D eigenvalue weighted by atomic mass is 9.93. The molecule has 0 amide bonds. The van der Waals surface area contributed by atoms with Gasteiger partial charge in [-0.3, -0.25) is 0 Å². The Balaban J connectivity index is 0.00000128. The van der Waals surface area contributed by atoms with E-state index in [1.165, 1.54) is 18.4 Å². The van der Waals surface area contributed by atoms with Gasteiger partial charge < -0.3 is 10.5 Å². The van der Waals surface area contributed by atoms with E-state index in [2.05, 4.69) is 12.1 Å². The summed E-state index contributed by atoms with van der Waals surface area (Å²) in [5, 5.41) is 0. The second-order valence-electron chi connectivity index (χ2n) is 4.28. The molecule has 1 aromatic carbocycles. The minimum atomic E-state index is 0. The Morgan fingerprint density at radius 1 is 1.12 bits per heavy atom. The van der Waals surface area contributed by atoms with E-state index in [1.54, 1.807) is 0 Å². The average molecular weight is 242 g/mol. The SMILES string of the molecule is Cl.N[C@@H]1CCCC[C@H]1OCc1ccccc1. The van der Waals surface area contributed by atoms with Gasteiger partial charge in [-0.1, -0.05) is 43.2 Å². The molecule has 2 N–H and O–H groups in total. The third-order valence-corrected chi connectivity index (χ3v) is 3.06. The first-order valence-electron chi connectivity index (χ1n) is 5.77. The van der Waals surface area contributed by atoms with Crippen molar-refractivity contribution in [3.05, 3.63) is 35.9 Å². The van der Waals surface area contributed by atoms with Crippen molar-refractivity contribution in [1.82, 2.24) is 0 Å². The molecule has 1 aliphatic carbocycles. The van der Waals surface area contributed by atoms with Gasteiger partial charge in [-0.05, 0) is 18.4 Å². The number of halogens is 1. The fourth-order valence-corrected chi connectivity index (χ4v) is 2.11. The van der Waals surface area contributed by atoms with Gasteiger partial charge in [0.15, 0.2) is 0 Å². The van der Waals surface area contributed by atoms with Crippen molar-refractivity contribution in [3.8, 4) is 0 Å². The van der Waals surface area contributed by atoms with Gasteiger partial charge in [-0.2, -0.15) is 0 Å². The van der Waals surface area contributed by atoms with E-state index in [0.717, 1.165) is 12.8 Å². The summed E-state index contributed by atoms with van der Waals surface area (Å²) in [5.74, 6) is 0. The zero-order valence-electron chi connectivity index (χ0n) is 9.47. The maximum absolute atomic E-state index is 6.02. The Hall–Kier alpha value is -0.570. The Morgan fingerprint density at radius 3 is 2.50 bits per heavy atom. The molecular weight excluding hydrogens is 222 g/mol. The molecule has 2 nitrogen and oxygen atoms in total. The summed E-state index contributed by atoms with van der Waals surface area (Å²) in [7, 11) is 0. The smallest absolute Gasteiger partial charge is 0.0730 e. The van der Waals surface area contributed by atoms with Crippen LogP contribution < -0.4 is 5.73 Å². The second kappa shape index (κ2) is 6.89. The van der Waals surface area contributed by atoms with E-state index in [0.29, 0.717) is 6.61 Å². The third-order valence-electron chi connectivity index (χ3n) is 3.06. The molecule has 2 rings (SSSR count). The van der Waals surface area contributed by atoms with E-state index < -0.39 is 0 Å². The molecule has 0 radical (unpaired) electrons. The molecule has 2 atom stereocenters. The van der Waals surface area contributed by atoms with Crippen LogP contribution >= 0.6 is 12.4 Å². The van der Waals surface area contributed by atoms with Crippen molar-refractivity contribution in [2.45, 2.75) is 44.4 Å². The van der Waals surface area contributed by atoms with Crippen LogP contribution in [0.4, 0.5) is 0 Å². The topological polar surface area (TPSA) is 35.2 Å². The van der Waals surface area contributed by atoms with Crippen LogP contribution in [0.2, 0.25) is 0 Å². The highest BCUT2D eigenvalue weighted by molar-refractivity contribution is 5.85. The molecule has 1 aliphatic rings. The highest BCUT2D eigenvalue weighted by Gasteiger charge is 2.21. The van der Waals surface area contributed by atoms with Crippen LogP contribution in [0.15, 0.2) is 30.3 Å². The van der Waals surface area contributed by atoms with E-state index >= 15 is 0 Å². The van der Waals surface area contributed by atoms with Crippen LogP contribution in [0.3, 0.4) is 0 Å². The molecule has 0 heterocycles. The average Bonchev–Trinajstić information content (AvgIpc) is 2.29. The van der Waals surface area contributed by atoms with Crippen molar-refractivity contribution in [2.24, 2.45) is 5.73 Å². The molecule has 1 fully saturated rings. The summed E-state index contributed by atoms with van der Waals surface area (Å²) in [4.78, 5) is 0. The van der Waals surface area contributed by atoms with Crippen LogP contribution in [0.1, 0.15) is 31.2 Å². The first-order valence-corrected chi connectivity index (χ1v) is 5.77. The van der Waals surface area contributed by atoms with E-state index in [-0.39, 0.29) is 24.6 Å². The fraction of sp³-hybridized carbons (Fsp3) is 0.538. The molecule has 1 aromatic rings. The first kappa shape index (κ1) is 13.5. The summed E-state index contributed by atoms with van der Waals surface area (Å²) in [5.41, 5.74) is 7.25. The first-order chi connectivity index (χ1) is 7.36. The van der Waals surface area contributed by atoms with Crippen LogP contribution in [-0.2, 0) is 11.3 Å². The lowest BCUT2D eigenvalue weighted by molar-refractivity contribution is 0.00404. The van der Waals surface area contributed by atoms with Crippen LogP contribution in [0.5, 0.6) is 0 Å². The Morgan fingerprint density at radius 2 is 1.81 bits per heavy atom. The highest BCUT2D eigenvalue weighted by atomic mass is 35.5. The van der Waals surface area contributed by atoms with Crippen molar-refractivity contribution < 1.29 is 4.74 Å². The third kappa shape index (κ3) is 3.78. The zero-order chi connectivity index (χ0) is 10.5. The van der Waals surface area contributed by atoms with Gasteiger partial charge >= 0.3 is 0 Å². The van der Waals surface area contributed by atoms with Crippen molar-refractivity contribution in [2.75, 3.05) is 0 Å². The molecule has 0 aliphatic heterocycles. The van der Waals surface area contributed by atoms with Gasteiger partial charge in [0.05, 0.1) is 12.7 Å². The number of benzene rings is 1. The van der Waals surface area contributed by atoms with E-state index in [1.807, 2.05) is 18.2 Å². The molecule has 0 saturated heterocycles. The van der Waals surface area contributed by atoms with Gasteiger partial charge in [-0.25, -0.2) is 0 Å². The Kier molecular flexibility index (Phi) is 5.81. The molecule has 1 saturated carbocycles. The summed E-state index contributed by atoms with van der Waals surface area (Å²) >= 11 is 0. The fourth-order valence-electron chi connectivity index (χ4n) is 2.11. The second-order valence-corrected chi connectivity index (χ2v) is 4.28. The Labute approximate surface area is 104 Å². The lowest BCUT2D eigenvalue weighted by Gasteiger charge is -2.28. The predicted molar refractivity (Wildman–Crippen MR) is 68.7 cm³/mol. The summed E-state index contributed by atoms with van der Waals surface area (Å²) in [6.07, 6.45) is 5.01. The Bertz CT molecular complexity index is 291. The van der Waals surface area contributed by atoms with Gasteiger partial charge in [0.1, 0.15) is 0 Å². The number of nitrogens with two attached hydrogens (primary N) is 1. The maximum Gasteiger partial charge on any atom is 0.0730 e. The summed E-state index contributed by atoms with van der Waals surface area (Å²) in [6, 6.07) is 10.5. The van der Waals surface area contributed by atoms with Gasteiger partial charge in [0.25, 0.3) is 0 Å². The largest absolute Gasteiger partial charge is 0.372 e. The van der Waals surface area contributed by atoms with Crippen molar-refractivity contribution in [3.63, 3.8) is 0 Å². The van der Waals surface area contributed by atoms with E-state index in [4.69, 9.17) is 10.5 Å². The highest BCUT2D eigenvalue weighted by Crippen LogP contribution is 2.20. The monoisotopic (exact) mass is 241 g/mol. The number of ether oxygens (including phenoxy) is 1. The normalized spacial score (nSPS) is 24.8. The molecular formula is C13H20ClNO. The van der Waals surface area contributed by atoms with Gasteiger partial charge in [-0.15, -0.1) is 12.4 Å². The van der Waals surface area contributed by atoms with Gasteiger partial charge in [0, 0.05) is 6.04 Å². The van der Waals surface area contributed by atoms with Crippen molar-refractivity contribution in [1.29, 1.82) is 0 Å². The standard InChI is InChI=1S/C13H19NO.ClH/c14-12-8-4-5-9-13(12)15-10-11-6-2-1-3-7-11;/h1-3,6-7,12-13H,4-5,8-10,14H2;1H/t12-,13-;/m1./s1. The summed E-state index contributed by atoms with van der Waals surface area (Å²) < 4.78 is 5.86. The molecule has 0 aromatic heterocycles. The number of hydrogen-bond donors (Lipinski definition) is 1. The van der Waals surface area contributed by atoms with Crippen LogP contribution in [0, 0.1) is 0 Å². The summed E-state index contributed by atoms with van der Waals surface area (Å²) in [6.45, 7) is 0.694. The minimum Gasteiger partial charge on any atom is -0.372 e. The molecule has 0 unspecified atom stereocenters. The minimum absolute atomic E-state index is 0. The quantitative estimate of drug-likeness (QED) is 0.883. The molecule has 0 bridgehead atoms. The maximum atomic E-state index is 6.02.